The first kappa shape index (κ1) is 26.0. The van der Waals surface area contributed by atoms with Crippen molar-refractivity contribution in [1.82, 2.24) is 0 Å². The fraction of sp³-hybridized carbons (Fsp3) is 0.586. The third-order valence-electron chi connectivity index (χ3n) is 5.99. The predicted molar refractivity (Wildman–Crippen MR) is 131 cm³/mol. The van der Waals surface area contributed by atoms with Gasteiger partial charge in [0.25, 0.3) is 0 Å². The van der Waals surface area contributed by atoms with Crippen molar-refractivity contribution in [2.45, 2.75) is 109 Å². The van der Waals surface area contributed by atoms with Crippen molar-refractivity contribution in [3.8, 4) is 0 Å². The van der Waals surface area contributed by atoms with E-state index in [1.165, 1.54) is 94.6 Å². The Hall–Kier alpha value is -1.25. The van der Waals surface area contributed by atoms with Crippen LogP contribution in [0.4, 0.5) is 0 Å². The second-order valence-corrected chi connectivity index (χ2v) is 10.8. The van der Waals surface area contributed by atoms with E-state index in [1.54, 1.807) is 0 Å². The summed E-state index contributed by atoms with van der Waals surface area (Å²) in [5, 5.41) is 0.836. The van der Waals surface area contributed by atoms with E-state index in [2.05, 4.69) is 61.5 Å². The van der Waals surface area contributed by atoms with Crippen LogP contribution in [0, 0.1) is 0 Å². The number of rotatable bonds is 18. The minimum atomic E-state index is -1.21. The maximum atomic E-state index is 12.6. The van der Waals surface area contributed by atoms with Crippen LogP contribution in [-0.4, -0.2) is 0 Å². The first-order valence-corrected chi connectivity index (χ1v) is 14.4. The number of benzene rings is 2. The summed E-state index contributed by atoms with van der Waals surface area (Å²) < 4.78 is 13.6. The van der Waals surface area contributed by atoms with Gasteiger partial charge in [-0.2, -0.15) is 0 Å². The molecule has 0 spiro atoms. The summed E-state index contributed by atoms with van der Waals surface area (Å²) in [7, 11) is 0. The van der Waals surface area contributed by atoms with Crippen molar-refractivity contribution in [1.29, 1.82) is 0 Å². The van der Waals surface area contributed by atoms with E-state index in [4.69, 9.17) is 0 Å². The van der Waals surface area contributed by atoms with E-state index in [0.29, 0.717) is 0 Å². The molecule has 2 aromatic carbocycles. The second-order valence-electron chi connectivity index (χ2n) is 8.81. The first-order chi connectivity index (χ1) is 15.3. The Bertz CT molecular complexity index is 692. The van der Waals surface area contributed by atoms with Gasteiger partial charge >= 0.3 is 170 Å². The fourth-order valence-corrected chi connectivity index (χ4v) is 5.49. The maximum absolute atomic E-state index is 12.6. The summed E-state index contributed by atoms with van der Waals surface area (Å²) in [6.07, 6.45) is 20.0. The van der Waals surface area contributed by atoms with E-state index in [0.717, 1.165) is 22.7 Å². The van der Waals surface area contributed by atoms with Crippen LogP contribution in [0.25, 0.3) is 0 Å². The van der Waals surface area contributed by atoms with E-state index in [1.807, 2.05) is 0 Å². The predicted octanol–water partition coefficient (Wildman–Crippen LogP) is 8.77. The Balaban J connectivity index is 1.45. The molecule has 0 bridgehead atoms. The summed E-state index contributed by atoms with van der Waals surface area (Å²) in [6.45, 7) is 2.28. The van der Waals surface area contributed by atoms with E-state index in [9.17, 15) is 3.87 Å². The summed E-state index contributed by atoms with van der Waals surface area (Å²) in [5.74, 6) is 0. The van der Waals surface area contributed by atoms with Crippen LogP contribution in [-0.2, 0) is 23.9 Å². The summed E-state index contributed by atoms with van der Waals surface area (Å²) in [6, 6.07) is 18.9. The van der Waals surface area contributed by atoms with Gasteiger partial charge in [-0.1, -0.05) is 26.2 Å². The third kappa shape index (κ3) is 12.4. The average molecular weight is 468 g/mol. The Morgan fingerprint density at radius 2 is 1.00 bits per heavy atom. The molecule has 0 heterocycles. The van der Waals surface area contributed by atoms with Gasteiger partial charge in [0.15, 0.2) is 0 Å². The van der Waals surface area contributed by atoms with E-state index in [-0.39, 0.29) is 0 Å². The molecule has 175 valence electrons. The molecule has 1 nitrogen and oxygen atoms in total. The zero-order valence-electron chi connectivity index (χ0n) is 19.8. The van der Waals surface area contributed by atoms with Gasteiger partial charge in [0.1, 0.15) is 0 Å². The Kier molecular flexibility index (Phi) is 14.5. The Labute approximate surface area is 196 Å². The van der Waals surface area contributed by atoms with E-state index < -0.39 is 13.6 Å². The summed E-state index contributed by atoms with van der Waals surface area (Å²) >= 11 is -1.21. The van der Waals surface area contributed by atoms with Crippen molar-refractivity contribution >= 4 is 4.50 Å². The average Bonchev–Trinajstić information content (AvgIpc) is 2.80. The van der Waals surface area contributed by atoms with Gasteiger partial charge < -0.3 is 0 Å². The van der Waals surface area contributed by atoms with Crippen LogP contribution in [0.3, 0.4) is 0 Å². The van der Waals surface area contributed by atoms with Crippen LogP contribution in [0.1, 0.15) is 108 Å². The third-order valence-corrected chi connectivity index (χ3v) is 7.85. The van der Waals surface area contributed by atoms with Gasteiger partial charge in [-0.15, -0.1) is 0 Å². The van der Waals surface area contributed by atoms with Gasteiger partial charge in [0.2, 0.25) is 0 Å². The number of unbranched alkanes of at least 4 members (excludes halogenated alkanes) is 13. The van der Waals surface area contributed by atoms with Gasteiger partial charge in [-0.3, -0.25) is 0 Å². The number of hydrogen-bond acceptors (Lipinski definition) is 1. The molecule has 0 saturated heterocycles. The fourth-order valence-electron chi connectivity index (χ4n) is 4.03. The molecule has 0 aliphatic heterocycles. The zero-order valence-corrected chi connectivity index (χ0v) is 20.8. The van der Waals surface area contributed by atoms with Crippen LogP contribution >= 0.6 is 0 Å². The molecule has 0 saturated carbocycles. The van der Waals surface area contributed by atoms with Crippen molar-refractivity contribution in [3.05, 3.63) is 65.7 Å². The van der Waals surface area contributed by atoms with Gasteiger partial charge in [0, 0.05) is 0 Å². The van der Waals surface area contributed by atoms with Crippen LogP contribution in [0.15, 0.2) is 54.6 Å². The summed E-state index contributed by atoms with van der Waals surface area (Å²) in [5.41, 5.74) is 2.61. The molecule has 0 aromatic heterocycles. The van der Waals surface area contributed by atoms with Crippen LogP contribution in [0.5, 0.6) is 0 Å². The van der Waals surface area contributed by atoms with Gasteiger partial charge in [0.05, 0.1) is 0 Å². The molecule has 0 radical (unpaired) electrons. The SMILES string of the molecule is CCCCCCCCCCCCCCC[CH2][Co](=[O])[c]1ccc(Cc2ccccc2)cc1. The molecule has 0 fully saturated rings. The standard InChI is InChI=1S/C16H33.C13H11.Co.O/c1-3-5-7-9-11-13-15-16-14-12-10-8-6-4-2;1-3-7-12(8-4-1)11-13-9-5-2-6-10-13;;/h1,3-16H2,2H3;1,3-10H,11H2;;. The van der Waals surface area contributed by atoms with Crippen molar-refractivity contribution < 1.29 is 17.5 Å². The van der Waals surface area contributed by atoms with Crippen molar-refractivity contribution in [3.63, 3.8) is 0 Å². The zero-order chi connectivity index (χ0) is 22.0. The topological polar surface area (TPSA) is 17.1 Å². The molecule has 31 heavy (non-hydrogen) atoms. The monoisotopic (exact) mass is 467 g/mol. The second kappa shape index (κ2) is 17.3. The molecule has 2 rings (SSSR count). The quantitative estimate of drug-likeness (QED) is 0.200. The molecule has 2 heteroatoms. The van der Waals surface area contributed by atoms with Crippen molar-refractivity contribution in [2.24, 2.45) is 0 Å². The molecule has 0 N–H and O–H groups in total. The van der Waals surface area contributed by atoms with Gasteiger partial charge in [-0.05, 0) is 0 Å². The van der Waals surface area contributed by atoms with E-state index >= 15 is 0 Å². The molecule has 0 aliphatic rings. The molecule has 0 aliphatic carbocycles. The molecule has 2 aromatic rings. The molecule has 0 atom stereocenters. The van der Waals surface area contributed by atoms with Crippen LogP contribution in [0.2, 0.25) is 5.36 Å². The molecular weight excluding hydrogens is 423 g/mol. The first-order valence-electron chi connectivity index (χ1n) is 12.7. The minimum absolute atomic E-state index is 0.836. The molecule has 0 amide bonds. The van der Waals surface area contributed by atoms with Crippen molar-refractivity contribution in [2.75, 3.05) is 0 Å². The van der Waals surface area contributed by atoms with Gasteiger partial charge in [-0.25, -0.2) is 0 Å². The number of hydrogen-bond donors (Lipinski definition) is 0. The molecule has 0 unspecified atom stereocenters. The molecular formula is C29H44CoO. The Morgan fingerprint density at radius 3 is 1.52 bits per heavy atom. The van der Waals surface area contributed by atoms with Crippen LogP contribution < -0.4 is 4.50 Å². The normalized spacial score (nSPS) is 11.6. The Morgan fingerprint density at radius 1 is 0.548 bits per heavy atom. The summed E-state index contributed by atoms with van der Waals surface area (Å²) in [4.78, 5) is 0.